The first-order valence-corrected chi connectivity index (χ1v) is 10.6. The Morgan fingerprint density at radius 3 is 2.72 bits per heavy atom. The number of fused-ring (bicyclic) bond motifs is 3. The number of carbonyl (C=O) groups is 2. The molecule has 1 spiro atoms. The zero-order chi connectivity index (χ0) is 22.8. The van der Waals surface area contributed by atoms with Gasteiger partial charge in [-0.2, -0.15) is 5.26 Å². The number of rotatable bonds is 1. The topological polar surface area (TPSA) is 112 Å². The Kier molecular flexibility index (Phi) is 4.24. The van der Waals surface area contributed by atoms with E-state index in [0.29, 0.717) is 34.1 Å². The molecule has 160 valence electrons. The van der Waals surface area contributed by atoms with E-state index in [0.717, 1.165) is 0 Å². The van der Waals surface area contributed by atoms with E-state index >= 15 is 0 Å². The number of hydrogen-bond acceptors (Lipinski definition) is 6. The SMILES string of the molecule is CC1(C)CC(=O)C2=C(C1)N(c1cccnc1)C(N)=C(C#N)C21C(=O)Nc2ccc(Cl)cc21. The van der Waals surface area contributed by atoms with E-state index in [1.54, 1.807) is 41.6 Å². The molecule has 0 radical (unpaired) electrons. The minimum absolute atomic E-state index is 0.00618. The van der Waals surface area contributed by atoms with E-state index in [1.165, 1.54) is 0 Å². The molecule has 1 aromatic carbocycles. The smallest absolute Gasteiger partial charge is 0.245 e. The number of aromatic nitrogens is 1. The van der Waals surface area contributed by atoms with E-state index in [1.807, 2.05) is 19.9 Å². The molecule has 1 atom stereocenters. The van der Waals surface area contributed by atoms with Gasteiger partial charge in [0.05, 0.1) is 17.5 Å². The maximum Gasteiger partial charge on any atom is 0.245 e. The molecule has 3 heterocycles. The summed E-state index contributed by atoms with van der Waals surface area (Å²) in [5, 5.41) is 13.5. The number of hydrogen-bond donors (Lipinski definition) is 2. The summed E-state index contributed by atoms with van der Waals surface area (Å²) in [6.45, 7) is 4.00. The maximum absolute atomic E-state index is 13.7. The lowest BCUT2D eigenvalue weighted by Gasteiger charge is -2.46. The second-order valence-corrected chi connectivity index (χ2v) is 9.51. The van der Waals surface area contributed by atoms with Crippen LogP contribution >= 0.6 is 11.6 Å². The van der Waals surface area contributed by atoms with Gasteiger partial charge in [-0.05, 0) is 42.2 Å². The van der Waals surface area contributed by atoms with Crippen LogP contribution in [0.15, 0.2) is 65.4 Å². The molecule has 0 fully saturated rings. The first-order chi connectivity index (χ1) is 15.2. The molecule has 1 aliphatic carbocycles. The number of allylic oxidation sites excluding steroid dienone is 1. The number of nitriles is 1. The zero-order valence-electron chi connectivity index (χ0n) is 17.6. The second-order valence-electron chi connectivity index (χ2n) is 9.08. The normalized spacial score (nSPS) is 23.8. The lowest BCUT2D eigenvalue weighted by Crippen LogP contribution is -2.52. The summed E-state index contributed by atoms with van der Waals surface area (Å²) in [7, 11) is 0. The maximum atomic E-state index is 13.7. The number of benzene rings is 1. The van der Waals surface area contributed by atoms with Gasteiger partial charge in [-0.1, -0.05) is 25.4 Å². The minimum atomic E-state index is -1.64. The summed E-state index contributed by atoms with van der Waals surface area (Å²) < 4.78 is 0. The number of nitrogens with zero attached hydrogens (tertiary/aromatic N) is 3. The number of halogens is 1. The van der Waals surface area contributed by atoms with Crippen LogP contribution in [0.1, 0.15) is 32.3 Å². The quantitative estimate of drug-likeness (QED) is 0.690. The zero-order valence-corrected chi connectivity index (χ0v) is 18.3. The molecule has 5 rings (SSSR count). The molecule has 32 heavy (non-hydrogen) atoms. The Labute approximate surface area is 190 Å². The van der Waals surface area contributed by atoms with Crippen molar-refractivity contribution in [1.82, 2.24) is 4.98 Å². The third-order valence-electron chi connectivity index (χ3n) is 6.36. The lowest BCUT2D eigenvalue weighted by atomic mass is 9.61. The van der Waals surface area contributed by atoms with Crippen molar-refractivity contribution in [3.05, 3.63) is 76.0 Å². The van der Waals surface area contributed by atoms with Crippen molar-refractivity contribution in [2.75, 3.05) is 10.2 Å². The summed E-state index contributed by atoms with van der Waals surface area (Å²) in [4.78, 5) is 33.2. The highest BCUT2D eigenvalue weighted by molar-refractivity contribution is 6.31. The first-order valence-electron chi connectivity index (χ1n) is 10.2. The van der Waals surface area contributed by atoms with Crippen molar-refractivity contribution < 1.29 is 9.59 Å². The van der Waals surface area contributed by atoms with Crippen molar-refractivity contribution in [2.24, 2.45) is 11.1 Å². The van der Waals surface area contributed by atoms with E-state index < -0.39 is 11.3 Å². The van der Waals surface area contributed by atoms with Crippen LogP contribution in [0.2, 0.25) is 5.02 Å². The average molecular weight is 446 g/mol. The van der Waals surface area contributed by atoms with Crippen LogP contribution in [0.3, 0.4) is 0 Å². The molecule has 3 N–H and O–H groups in total. The van der Waals surface area contributed by atoms with Crippen LogP contribution in [-0.4, -0.2) is 16.7 Å². The van der Waals surface area contributed by atoms with Crippen LogP contribution in [0.4, 0.5) is 11.4 Å². The average Bonchev–Trinajstić information content (AvgIpc) is 3.00. The third-order valence-corrected chi connectivity index (χ3v) is 6.59. The second kappa shape index (κ2) is 6.68. The highest BCUT2D eigenvalue weighted by atomic mass is 35.5. The molecule has 0 saturated carbocycles. The number of ketones is 1. The number of Topliss-reactive ketones (excluding diaryl/α,β-unsaturated/α-hetero) is 1. The van der Waals surface area contributed by atoms with Crippen LogP contribution in [0.25, 0.3) is 0 Å². The number of pyridine rings is 1. The molecular formula is C24H20ClN5O2. The van der Waals surface area contributed by atoms with Gasteiger partial charge >= 0.3 is 0 Å². The van der Waals surface area contributed by atoms with Crippen LogP contribution in [0, 0.1) is 16.7 Å². The summed E-state index contributed by atoms with van der Waals surface area (Å²) in [6, 6.07) is 10.7. The van der Waals surface area contributed by atoms with Gasteiger partial charge in [-0.15, -0.1) is 0 Å². The summed E-state index contributed by atoms with van der Waals surface area (Å²) in [6.07, 6.45) is 3.99. The number of amides is 1. The van der Waals surface area contributed by atoms with Gasteiger partial charge in [0.15, 0.2) is 5.78 Å². The van der Waals surface area contributed by atoms with Gasteiger partial charge in [0.25, 0.3) is 0 Å². The Hall–Kier alpha value is -3.63. The highest BCUT2D eigenvalue weighted by Crippen LogP contribution is 2.57. The minimum Gasteiger partial charge on any atom is -0.384 e. The molecule has 0 saturated heterocycles. The van der Waals surface area contributed by atoms with Crippen LogP contribution in [0.5, 0.6) is 0 Å². The predicted molar refractivity (Wildman–Crippen MR) is 120 cm³/mol. The van der Waals surface area contributed by atoms with E-state index in [4.69, 9.17) is 17.3 Å². The molecule has 2 aliphatic heterocycles. The summed E-state index contributed by atoms with van der Waals surface area (Å²) in [5.74, 6) is -0.554. The Morgan fingerprint density at radius 1 is 1.25 bits per heavy atom. The Balaban J connectivity index is 1.92. The van der Waals surface area contributed by atoms with Crippen molar-refractivity contribution in [2.45, 2.75) is 32.1 Å². The van der Waals surface area contributed by atoms with Crippen molar-refractivity contribution in [3.63, 3.8) is 0 Å². The van der Waals surface area contributed by atoms with Crippen molar-refractivity contribution in [3.8, 4) is 6.07 Å². The fourth-order valence-electron chi connectivity index (χ4n) is 5.17. The molecule has 0 bridgehead atoms. The van der Waals surface area contributed by atoms with Gasteiger partial charge in [0.1, 0.15) is 17.3 Å². The molecule has 8 heteroatoms. The molecule has 1 unspecified atom stereocenters. The van der Waals surface area contributed by atoms with Gasteiger partial charge in [-0.25, -0.2) is 0 Å². The fourth-order valence-corrected chi connectivity index (χ4v) is 5.34. The summed E-state index contributed by atoms with van der Waals surface area (Å²) in [5.41, 5.74) is 7.13. The predicted octanol–water partition coefficient (Wildman–Crippen LogP) is 3.78. The molecule has 1 amide bonds. The van der Waals surface area contributed by atoms with Crippen LogP contribution < -0.4 is 16.0 Å². The molecule has 2 aromatic rings. The van der Waals surface area contributed by atoms with E-state index in [-0.39, 0.29) is 34.6 Å². The standard InChI is InChI=1S/C24H20ClN5O2/c1-23(2)9-18-20(19(31)10-23)24(15-8-13(25)5-6-17(15)29-22(24)32)16(11-26)21(27)30(18)14-4-3-7-28-12-14/h3-8,12H,9-10,27H2,1-2H3,(H,29,32). The number of nitrogens with two attached hydrogens (primary N) is 1. The fraction of sp³-hybridized carbons (Fsp3) is 0.250. The van der Waals surface area contributed by atoms with Gasteiger partial charge < -0.3 is 11.1 Å². The number of nitrogens with one attached hydrogen (secondary N) is 1. The Morgan fingerprint density at radius 2 is 2.03 bits per heavy atom. The summed E-state index contributed by atoms with van der Waals surface area (Å²) >= 11 is 6.29. The first kappa shape index (κ1) is 20.3. The largest absolute Gasteiger partial charge is 0.384 e. The van der Waals surface area contributed by atoms with Crippen molar-refractivity contribution >= 4 is 34.7 Å². The van der Waals surface area contributed by atoms with Gasteiger partial charge in [0, 0.05) is 40.2 Å². The number of anilines is 2. The van der Waals surface area contributed by atoms with Gasteiger partial charge in [-0.3, -0.25) is 19.5 Å². The third kappa shape index (κ3) is 2.56. The molecule has 1 aromatic heterocycles. The van der Waals surface area contributed by atoms with Gasteiger partial charge in [0.2, 0.25) is 5.91 Å². The lowest BCUT2D eigenvalue weighted by molar-refractivity contribution is -0.123. The van der Waals surface area contributed by atoms with E-state index in [2.05, 4.69) is 16.4 Å². The van der Waals surface area contributed by atoms with Crippen LogP contribution in [-0.2, 0) is 15.0 Å². The van der Waals surface area contributed by atoms with Crippen molar-refractivity contribution in [1.29, 1.82) is 5.26 Å². The molecular weight excluding hydrogens is 426 g/mol. The Bertz CT molecular complexity index is 1310. The molecule has 7 nitrogen and oxygen atoms in total. The molecule has 3 aliphatic rings. The highest BCUT2D eigenvalue weighted by Gasteiger charge is 2.61. The monoisotopic (exact) mass is 445 g/mol. The number of carbonyl (C=O) groups excluding carboxylic acids is 2. The van der Waals surface area contributed by atoms with E-state index in [9.17, 15) is 14.9 Å².